The minimum absolute atomic E-state index is 0.211. The van der Waals surface area contributed by atoms with Gasteiger partial charge in [-0.25, -0.2) is 14.6 Å². The van der Waals surface area contributed by atoms with Crippen LogP contribution in [0.15, 0.2) is 60.1 Å². The monoisotopic (exact) mass is 419 g/mol. The summed E-state index contributed by atoms with van der Waals surface area (Å²) >= 11 is 1.33. The fourth-order valence-corrected chi connectivity index (χ4v) is 3.42. The molecule has 7 nitrogen and oxygen atoms in total. The van der Waals surface area contributed by atoms with E-state index in [4.69, 9.17) is 9.47 Å². The van der Waals surface area contributed by atoms with Crippen LogP contribution in [0.2, 0.25) is 0 Å². The second kappa shape index (κ2) is 9.49. The van der Waals surface area contributed by atoms with E-state index in [-0.39, 0.29) is 16.7 Å². The van der Waals surface area contributed by atoms with E-state index in [2.05, 4.69) is 16.4 Å². The zero-order valence-corrected chi connectivity index (χ0v) is 17.0. The number of esters is 2. The summed E-state index contributed by atoms with van der Waals surface area (Å²) in [4.78, 5) is 28.4. The van der Waals surface area contributed by atoms with Gasteiger partial charge in [0, 0.05) is 17.1 Å². The second-order valence-electron chi connectivity index (χ2n) is 5.96. The van der Waals surface area contributed by atoms with E-state index in [0.29, 0.717) is 10.7 Å². The van der Waals surface area contributed by atoms with Crippen LogP contribution in [0.3, 0.4) is 0 Å². The van der Waals surface area contributed by atoms with Gasteiger partial charge in [-0.3, -0.25) is 0 Å². The molecule has 2 aromatic carbocycles. The van der Waals surface area contributed by atoms with Crippen molar-refractivity contribution >= 4 is 34.5 Å². The van der Waals surface area contributed by atoms with Crippen LogP contribution in [0.5, 0.6) is 0 Å². The molecule has 0 amide bonds. The molecule has 3 rings (SSSR count). The molecule has 0 saturated heterocycles. The number of nitrogens with one attached hydrogen (secondary N) is 1. The summed E-state index contributed by atoms with van der Waals surface area (Å²) in [5.74, 6) is -1.13. The molecular formula is C22H17N3O4S. The fourth-order valence-electron chi connectivity index (χ4n) is 2.63. The third-order valence-electron chi connectivity index (χ3n) is 4.14. The number of hydrogen-bond donors (Lipinski definition) is 1. The average Bonchev–Trinajstić information content (AvgIpc) is 3.29. The van der Waals surface area contributed by atoms with Crippen molar-refractivity contribution in [2.75, 3.05) is 19.5 Å². The third kappa shape index (κ3) is 4.54. The standard InChI is InChI=1S/C22H17N3O4S/c1-28-21(26)15-8-9-17(22(27)29-2)18(10-15)24-12-16(11-23)20-25-19(13-30-20)14-6-4-3-5-7-14/h3-10,12-13,24H,1-2H3/b16-12+. The summed E-state index contributed by atoms with van der Waals surface area (Å²) in [5, 5.41) is 14.9. The molecule has 8 heteroatoms. The van der Waals surface area contributed by atoms with Crippen LogP contribution in [-0.4, -0.2) is 31.1 Å². The normalized spacial score (nSPS) is 10.8. The molecule has 0 aliphatic carbocycles. The Hall–Kier alpha value is -3.96. The van der Waals surface area contributed by atoms with Gasteiger partial charge in [-0.05, 0) is 18.2 Å². The molecule has 0 unspecified atom stereocenters. The van der Waals surface area contributed by atoms with E-state index < -0.39 is 11.9 Å². The number of rotatable bonds is 6. The predicted molar refractivity (Wildman–Crippen MR) is 114 cm³/mol. The molecule has 0 atom stereocenters. The quantitative estimate of drug-likeness (QED) is 0.468. The van der Waals surface area contributed by atoms with Gasteiger partial charge in [0.1, 0.15) is 16.6 Å². The molecule has 1 aromatic heterocycles. The number of hydrogen-bond acceptors (Lipinski definition) is 8. The average molecular weight is 419 g/mol. The maximum Gasteiger partial charge on any atom is 0.339 e. The van der Waals surface area contributed by atoms with Crippen LogP contribution < -0.4 is 5.32 Å². The van der Waals surface area contributed by atoms with Gasteiger partial charge in [-0.1, -0.05) is 30.3 Å². The Balaban J connectivity index is 1.93. The summed E-state index contributed by atoms with van der Waals surface area (Å²) in [6, 6.07) is 16.1. The highest BCUT2D eigenvalue weighted by Crippen LogP contribution is 2.26. The van der Waals surface area contributed by atoms with E-state index in [0.717, 1.165) is 11.3 Å². The van der Waals surface area contributed by atoms with E-state index >= 15 is 0 Å². The minimum Gasteiger partial charge on any atom is -0.465 e. The summed E-state index contributed by atoms with van der Waals surface area (Å²) in [6.45, 7) is 0. The van der Waals surface area contributed by atoms with E-state index in [1.165, 1.54) is 50.0 Å². The van der Waals surface area contributed by atoms with Gasteiger partial charge in [-0.15, -0.1) is 11.3 Å². The highest BCUT2D eigenvalue weighted by molar-refractivity contribution is 7.11. The van der Waals surface area contributed by atoms with Crippen LogP contribution in [0, 0.1) is 11.3 Å². The Kier molecular flexibility index (Phi) is 6.57. The molecule has 1 N–H and O–H groups in total. The molecule has 0 aliphatic heterocycles. The summed E-state index contributed by atoms with van der Waals surface area (Å²) in [7, 11) is 2.53. The number of anilines is 1. The largest absolute Gasteiger partial charge is 0.465 e. The summed E-state index contributed by atoms with van der Waals surface area (Å²) in [5.41, 5.74) is 2.76. The molecule has 30 heavy (non-hydrogen) atoms. The van der Waals surface area contributed by atoms with Gasteiger partial charge in [0.15, 0.2) is 0 Å². The van der Waals surface area contributed by atoms with Gasteiger partial charge >= 0.3 is 11.9 Å². The third-order valence-corrected chi connectivity index (χ3v) is 5.02. The second-order valence-corrected chi connectivity index (χ2v) is 6.82. The summed E-state index contributed by atoms with van der Waals surface area (Å²) < 4.78 is 9.50. The number of nitrogens with zero attached hydrogens (tertiary/aromatic N) is 2. The molecule has 0 radical (unpaired) electrons. The van der Waals surface area contributed by atoms with Crippen LogP contribution in [0.25, 0.3) is 16.8 Å². The van der Waals surface area contributed by atoms with Crippen molar-refractivity contribution in [2.24, 2.45) is 0 Å². The Morgan fingerprint density at radius 2 is 1.83 bits per heavy atom. The number of thiazole rings is 1. The molecule has 0 fully saturated rings. The molecule has 0 bridgehead atoms. The highest BCUT2D eigenvalue weighted by atomic mass is 32.1. The molecule has 0 spiro atoms. The molecule has 0 aliphatic rings. The minimum atomic E-state index is -0.582. The maximum atomic E-state index is 12.1. The number of nitriles is 1. The lowest BCUT2D eigenvalue weighted by Gasteiger charge is -2.10. The fraction of sp³-hybridized carbons (Fsp3) is 0.0909. The number of carbonyl (C=O) groups excluding carboxylic acids is 2. The van der Waals surface area contributed by atoms with Gasteiger partial charge < -0.3 is 14.8 Å². The first-order chi connectivity index (χ1) is 14.6. The zero-order chi connectivity index (χ0) is 21.5. The van der Waals surface area contributed by atoms with E-state index in [1.807, 2.05) is 35.7 Å². The van der Waals surface area contributed by atoms with Gasteiger partial charge in [0.2, 0.25) is 0 Å². The number of allylic oxidation sites excluding steroid dienone is 1. The first-order valence-corrected chi connectivity index (χ1v) is 9.64. The van der Waals surface area contributed by atoms with Crippen molar-refractivity contribution in [3.63, 3.8) is 0 Å². The molecule has 0 saturated carbocycles. The van der Waals surface area contributed by atoms with Crippen LogP contribution in [0.1, 0.15) is 25.7 Å². The predicted octanol–water partition coefficient (Wildman–Crippen LogP) is 4.36. The van der Waals surface area contributed by atoms with Crippen molar-refractivity contribution < 1.29 is 19.1 Å². The van der Waals surface area contributed by atoms with Crippen LogP contribution in [0.4, 0.5) is 5.69 Å². The lowest BCUT2D eigenvalue weighted by Crippen LogP contribution is -2.08. The number of methoxy groups -OCH3 is 2. The van der Waals surface area contributed by atoms with Crippen molar-refractivity contribution in [1.29, 1.82) is 5.26 Å². The van der Waals surface area contributed by atoms with Crippen molar-refractivity contribution in [3.8, 4) is 17.3 Å². The molecule has 3 aromatic rings. The molecular weight excluding hydrogens is 402 g/mol. The zero-order valence-electron chi connectivity index (χ0n) is 16.2. The maximum absolute atomic E-state index is 12.1. The highest BCUT2D eigenvalue weighted by Gasteiger charge is 2.16. The molecule has 150 valence electrons. The Morgan fingerprint density at radius 3 is 2.50 bits per heavy atom. The van der Waals surface area contributed by atoms with E-state index in [1.54, 1.807) is 0 Å². The first-order valence-electron chi connectivity index (χ1n) is 8.76. The Labute approximate surface area is 177 Å². The summed E-state index contributed by atoms with van der Waals surface area (Å²) in [6.07, 6.45) is 1.44. The Morgan fingerprint density at radius 1 is 1.10 bits per heavy atom. The van der Waals surface area contributed by atoms with Crippen molar-refractivity contribution in [1.82, 2.24) is 4.98 Å². The van der Waals surface area contributed by atoms with Crippen molar-refractivity contribution in [3.05, 3.63) is 76.2 Å². The van der Waals surface area contributed by atoms with Crippen LogP contribution in [-0.2, 0) is 9.47 Å². The molecule has 1 heterocycles. The van der Waals surface area contributed by atoms with E-state index in [9.17, 15) is 14.9 Å². The number of carbonyl (C=O) groups is 2. The van der Waals surface area contributed by atoms with Crippen molar-refractivity contribution in [2.45, 2.75) is 0 Å². The number of ether oxygens (including phenoxy) is 2. The lowest BCUT2D eigenvalue weighted by molar-refractivity contribution is 0.0587. The Bertz CT molecular complexity index is 1150. The topological polar surface area (TPSA) is 101 Å². The first kappa shape index (κ1) is 20.8. The van der Waals surface area contributed by atoms with Gasteiger partial charge in [0.05, 0.1) is 36.7 Å². The SMILES string of the molecule is COC(=O)c1ccc(C(=O)OC)c(N/C=C(\C#N)c2nc(-c3ccccc3)cs2)c1. The number of aromatic nitrogens is 1. The smallest absolute Gasteiger partial charge is 0.339 e. The van der Waals surface area contributed by atoms with Gasteiger partial charge in [-0.2, -0.15) is 5.26 Å². The lowest BCUT2D eigenvalue weighted by atomic mass is 10.1. The number of benzene rings is 2. The van der Waals surface area contributed by atoms with Crippen LogP contribution >= 0.6 is 11.3 Å². The van der Waals surface area contributed by atoms with Gasteiger partial charge in [0.25, 0.3) is 0 Å².